The van der Waals surface area contributed by atoms with Crippen LogP contribution in [-0.4, -0.2) is 11.6 Å². The van der Waals surface area contributed by atoms with Crippen molar-refractivity contribution in [2.75, 3.05) is 6.61 Å². The minimum absolute atomic E-state index is 0.549. The summed E-state index contributed by atoms with van der Waals surface area (Å²) in [5.41, 5.74) is 0. The fraction of sp³-hybridized carbons (Fsp3) is 0.400. The van der Waals surface area contributed by atoms with Gasteiger partial charge in [0.1, 0.15) is 0 Å². The maximum atomic E-state index is 4.82. The van der Waals surface area contributed by atoms with Gasteiger partial charge >= 0.3 is 0 Å². The Kier molecular flexibility index (Phi) is 2.63. The third kappa shape index (κ3) is 2.09. The van der Waals surface area contributed by atoms with Gasteiger partial charge in [0.25, 0.3) is 0 Å². The van der Waals surface area contributed by atoms with E-state index in [9.17, 15) is 0 Å². The first kappa shape index (κ1) is 6.67. The van der Waals surface area contributed by atoms with E-state index in [1.165, 1.54) is 0 Å². The molecule has 0 bridgehead atoms. The standard InChI is InChI=1S/C5H8N2OS/c6-8-3-1-5-7-2-4-9-5/h2,4H,1,3,6H2. The smallest absolute Gasteiger partial charge is 0.0948 e. The third-order valence-corrected chi connectivity index (χ3v) is 1.76. The molecular formula is C5H8N2OS. The van der Waals surface area contributed by atoms with E-state index in [-0.39, 0.29) is 0 Å². The molecule has 0 saturated heterocycles. The Morgan fingerprint density at radius 2 is 2.67 bits per heavy atom. The van der Waals surface area contributed by atoms with E-state index < -0.39 is 0 Å². The summed E-state index contributed by atoms with van der Waals surface area (Å²) in [5.74, 6) is 4.82. The van der Waals surface area contributed by atoms with Crippen molar-refractivity contribution in [3.63, 3.8) is 0 Å². The Labute approximate surface area is 57.4 Å². The van der Waals surface area contributed by atoms with Gasteiger partial charge in [0.05, 0.1) is 11.6 Å². The van der Waals surface area contributed by atoms with E-state index in [2.05, 4.69) is 9.82 Å². The van der Waals surface area contributed by atoms with Gasteiger partial charge in [-0.25, -0.2) is 10.9 Å². The molecule has 50 valence electrons. The molecule has 0 saturated carbocycles. The van der Waals surface area contributed by atoms with Crippen LogP contribution in [-0.2, 0) is 11.3 Å². The van der Waals surface area contributed by atoms with E-state index in [1.807, 2.05) is 5.38 Å². The Morgan fingerprint density at radius 1 is 1.78 bits per heavy atom. The molecule has 0 aliphatic carbocycles. The van der Waals surface area contributed by atoms with E-state index in [0.29, 0.717) is 6.61 Å². The molecular weight excluding hydrogens is 136 g/mol. The summed E-state index contributed by atoms with van der Waals surface area (Å²) in [6, 6.07) is 0. The van der Waals surface area contributed by atoms with E-state index >= 15 is 0 Å². The summed E-state index contributed by atoms with van der Waals surface area (Å²) < 4.78 is 0. The quantitative estimate of drug-likeness (QED) is 0.631. The van der Waals surface area contributed by atoms with Crippen LogP contribution >= 0.6 is 11.3 Å². The van der Waals surface area contributed by atoms with Crippen LogP contribution in [0.3, 0.4) is 0 Å². The molecule has 1 aromatic heterocycles. The van der Waals surface area contributed by atoms with Crippen molar-refractivity contribution in [1.29, 1.82) is 0 Å². The average molecular weight is 144 g/mol. The van der Waals surface area contributed by atoms with Crippen LogP contribution in [0.5, 0.6) is 0 Å². The highest BCUT2D eigenvalue weighted by atomic mass is 32.1. The maximum absolute atomic E-state index is 4.82. The van der Waals surface area contributed by atoms with E-state index in [4.69, 9.17) is 5.90 Å². The van der Waals surface area contributed by atoms with Crippen LogP contribution in [0.4, 0.5) is 0 Å². The second-order valence-corrected chi connectivity index (χ2v) is 2.53. The number of nitrogens with zero attached hydrogens (tertiary/aromatic N) is 1. The zero-order valence-corrected chi connectivity index (χ0v) is 5.73. The molecule has 0 spiro atoms. The minimum Gasteiger partial charge on any atom is -0.304 e. The number of hydrogen-bond acceptors (Lipinski definition) is 4. The number of hydrogen-bond donors (Lipinski definition) is 1. The largest absolute Gasteiger partial charge is 0.304 e. The van der Waals surface area contributed by atoms with Crippen molar-refractivity contribution in [2.45, 2.75) is 6.42 Å². The Balaban J connectivity index is 2.30. The summed E-state index contributed by atoms with van der Waals surface area (Å²) in [4.78, 5) is 8.42. The molecule has 1 heterocycles. The van der Waals surface area contributed by atoms with Crippen molar-refractivity contribution >= 4 is 11.3 Å². The second kappa shape index (κ2) is 3.55. The summed E-state index contributed by atoms with van der Waals surface area (Å²) in [6.07, 6.45) is 2.59. The molecule has 0 aromatic carbocycles. The number of rotatable bonds is 3. The highest BCUT2D eigenvalue weighted by molar-refractivity contribution is 7.09. The molecule has 0 aliphatic heterocycles. The zero-order valence-electron chi connectivity index (χ0n) is 4.91. The van der Waals surface area contributed by atoms with Crippen molar-refractivity contribution in [1.82, 2.24) is 4.98 Å². The summed E-state index contributed by atoms with van der Waals surface area (Å²) >= 11 is 1.62. The van der Waals surface area contributed by atoms with Crippen LogP contribution in [0.1, 0.15) is 5.01 Å². The van der Waals surface area contributed by atoms with Crippen molar-refractivity contribution in [2.24, 2.45) is 5.90 Å². The molecule has 3 nitrogen and oxygen atoms in total. The fourth-order valence-corrected chi connectivity index (χ4v) is 1.12. The van der Waals surface area contributed by atoms with Gasteiger partial charge in [0, 0.05) is 18.0 Å². The number of aromatic nitrogens is 1. The monoisotopic (exact) mass is 144 g/mol. The molecule has 0 radical (unpaired) electrons. The van der Waals surface area contributed by atoms with Crippen LogP contribution < -0.4 is 5.90 Å². The Hall–Kier alpha value is -0.450. The predicted molar refractivity (Wildman–Crippen MR) is 36.0 cm³/mol. The molecule has 2 N–H and O–H groups in total. The van der Waals surface area contributed by atoms with Crippen molar-refractivity contribution in [3.8, 4) is 0 Å². The van der Waals surface area contributed by atoms with Gasteiger partial charge in [-0.3, -0.25) is 0 Å². The third-order valence-electron chi connectivity index (χ3n) is 0.917. The SMILES string of the molecule is NOCCc1nccs1. The molecule has 0 amide bonds. The van der Waals surface area contributed by atoms with Gasteiger partial charge in [0.15, 0.2) is 0 Å². The van der Waals surface area contributed by atoms with Gasteiger partial charge in [-0.1, -0.05) is 0 Å². The van der Waals surface area contributed by atoms with Crippen LogP contribution in [0.25, 0.3) is 0 Å². The second-order valence-electron chi connectivity index (χ2n) is 1.55. The van der Waals surface area contributed by atoms with Gasteiger partial charge < -0.3 is 4.84 Å². The number of thiazole rings is 1. The number of nitrogens with two attached hydrogens (primary N) is 1. The Morgan fingerprint density at radius 3 is 3.22 bits per heavy atom. The van der Waals surface area contributed by atoms with Crippen LogP contribution in [0.2, 0.25) is 0 Å². The molecule has 4 heteroatoms. The summed E-state index contributed by atoms with van der Waals surface area (Å²) in [5, 5.41) is 3.01. The van der Waals surface area contributed by atoms with Gasteiger partial charge in [-0.05, 0) is 0 Å². The molecule has 0 unspecified atom stereocenters. The highest BCUT2D eigenvalue weighted by Gasteiger charge is 1.92. The normalized spacial score (nSPS) is 9.89. The lowest BCUT2D eigenvalue weighted by Crippen LogP contribution is -2.02. The predicted octanol–water partition coefficient (Wildman–Crippen LogP) is 0.576. The molecule has 0 aliphatic rings. The first-order valence-corrected chi connectivity index (χ1v) is 3.51. The van der Waals surface area contributed by atoms with Gasteiger partial charge in [0.2, 0.25) is 0 Å². The lowest BCUT2D eigenvalue weighted by atomic mass is 10.5. The molecule has 1 rings (SSSR count). The zero-order chi connectivity index (χ0) is 6.53. The van der Waals surface area contributed by atoms with Crippen LogP contribution in [0.15, 0.2) is 11.6 Å². The molecule has 9 heavy (non-hydrogen) atoms. The van der Waals surface area contributed by atoms with Crippen LogP contribution in [0, 0.1) is 0 Å². The average Bonchev–Trinajstić information content (AvgIpc) is 2.34. The maximum Gasteiger partial charge on any atom is 0.0948 e. The molecule has 0 fully saturated rings. The first-order valence-electron chi connectivity index (χ1n) is 2.63. The van der Waals surface area contributed by atoms with E-state index in [0.717, 1.165) is 11.4 Å². The van der Waals surface area contributed by atoms with Gasteiger partial charge in [-0.15, -0.1) is 11.3 Å². The van der Waals surface area contributed by atoms with Crippen molar-refractivity contribution in [3.05, 3.63) is 16.6 Å². The lowest BCUT2D eigenvalue weighted by Gasteiger charge is -1.90. The topological polar surface area (TPSA) is 48.1 Å². The van der Waals surface area contributed by atoms with Gasteiger partial charge in [-0.2, -0.15) is 0 Å². The lowest BCUT2D eigenvalue weighted by molar-refractivity contribution is 0.141. The minimum atomic E-state index is 0.549. The van der Waals surface area contributed by atoms with E-state index in [1.54, 1.807) is 17.5 Å². The first-order chi connectivity index (χ1) is 4.43. The molecule has 1 aromatic rings. The van der Waals surface area contributed by atoms with Crippen molar-refractivity contribution < 1.29 is 4.84 Å². The highest BCUT2D eigenvalue weighted by Crippen LogP contribution is 2.03. The summed E-state index contributed by atoms with van der Waals surface area (Å²) in [7, 11) is 0. The summed E-state index contributed by atoms with van der Waals surface area (Å²) in [6.45, 7) is 0.549. The Bertz CT molecular complexity index is 152. The fourth-order valence-electron chi connectivity index (χ4n) is 0.523. The molecule has 0 atom stereocenters.